The number of aromatic nitrogens is 2. The van der Waals surface area contributed by atoms with E-state index in [0.29, 0.717) is 0 Å². The fraction of sp³-hybridized carbons (Fsp3) is 0.429. The third-order valence-corrected chi connectivity index (χ3v) is 2.71. The maximum Gasteiger partial charge on any atom is 0.148 e. The number of ether oxygens (including phenoxy) is 1. The summed E-state index contributed by atoms with van der Waals surface area (Å²) < 4.78 is 5.30. The van der Waals surface area contributed by atoms with Gasteiger partial charge in [-0.15, -0.1) is 0 Å². The van der Waals surface area contributed by atoms with Crippen LogP contribution in [0, 0.1) is 6.92 Å². The summed E-state index contributed by atoms with van der Waals surface area (Å²) in [4.78, 5) is 9.11. The Morgan fingerprint density at radius 3 is 2.61 bits per heavy atom. The monoisotopic (exact) mass is 245 g/mol. The Bertz CT molecular complexity index is 513. The summed E-state index contributed by atoms with van der Waals surface area (Å²) in [5, 5.41) is 3.31. The molecule has 1 aromatic heterocycles. The molecule has 0 amide bonds. The van der Waals surface area contributed by atoms with Gasteiger partial charge in [0.25, 0.3) is 0 Å². The highest BCUT2D eigenvalue weighted by atomic mass is 16.5. The number of nitrogens with one attached hydrogen (secondary N) is 1. The van der Waals surface area contributed by atoms with Gasteiger partial charge in [-0.1, -0.05) is 12.1 Å². The standard InChI is InChI=1S/C14H19N3O/c1-3-18-10-6-9-15-14-11(2)16-12-7-4-5-8-13(12)17-14/h4-5,7-8H,3,6,9-10H2,1-2H3,(H,15,17). The first kappa shape index (κ1) is 12.8. The van der Waals surface area contributed by atoms with E-state index in [1.54, 1.807) is 0 Å². The summed E-state index contributed by atoms with van der Waals surface area (Å²) >= 11 is 0. The van der Waals surface area contributed by atoms with Crippen LogP contribution < -0.4 is 5.32 Å². The van der Waals surface area contributed by atoms with Crippen LogP contribution in [0.15, 0.2) is 24.3 Å². The van der Waals surface area contributed by atoms with Crippen molar-refractivity contribution in [3.05, 3.63) is 30.0 Å². The second-order valence-electron chi connectivity index (χ2n) is 4.12. The van der Waals surface area contributed by atoms with Crippen molar-refractivity contribution in [1.29, 1.82) is 0 Å². The summed E-state index contributed by atoms with van der Waals surface area (Å²) in [7, 11) is 0. The van der Waals surface area contributed by atoms with Crippen LogP contribution in [0.3, 0.4) is 0 Å². The fourth-order valence-corrected chi connectivity index (χ4v) is 1.78. The van der Waals surface area contributed by atoms with Crippen LogP contribution in [0.1, 0.15) is 19.0 Å². The van der Waals surface area contributed by atoms with E-state index in [2.05, 4.69) is 15.3 Å². The summed E-state index contributed by atoms with van der Waals surface area (Å²) in [6.45, 7) is 6.39. The van der Waals surface area contributed by atoms with Crippen molar-refractivity contribution in [1.82, 2.24) is 9.97 Å². The fourth-order valence-electron chi connectivity index (χ4n) is 1.78. The zero-order valence-corrected chi connectivity index (χ0v) is 10.9. The SMILES string of the molecule is CCOCCCNc1nc2ccccc2nc1C. The third kappa shape index (κ3) is 3.17. The molecule has 0 aliphatic heterocycles. The van der Waals surface area contributed by atoms with Gasteiger partial charge in [0.2, 0.25) is 0 Å². The molecule has 2 aromatic rings. The number of fused-ring (bicyclic) bond motifs is 1. The van der Waals surface area contributed by atoms with E-state index in [9.17, 15) is 0 Å². The second-order valence-corrected chi connectivity index (χ2v) is 4.12. The average molecular weight is 245 g/mol. The van der Waals surface area contributed by atoms with E-state index in [1.807, 2.05) is 38.1 Å². The smallest absolute Gasteiger partial charge is 0.148 e. The Hall–Kier alpha value is -1.68. The second kappa shape index (κ2) is 6.31. The minimum absolute atomic E-state index is 0.773. The molecule has 0 aliphatic carbocycles. The highest BCUT2D eigenvalue weighted by Crippen LogP contribution is 2.15. The first-order valence-electron chi connectivity index (χ1n) is 6.36. The topological polar surface area (TPSA) is 47.0 Å². The van der Waals surface area contributed by atoms with Crippen molar-refractivity contribution < 1.29 is 4.74 Å². The predicted octanol–water partition coefficient (Wildman–Crippen LogP) is 2.78. The van der Waals surface area contributed by atoms with Gasteiger partial charge in [-0.3, -0.25) is 0 Å². The van der Waals surface area contributed by atoms with Crippen molar-refractivity contribution in [2.75, 3.05) is 25.1 Å². The molecule has 2 rings (SSSR count). The average Bonchev–Trinajstić information content (AvgIpc) is 2.39. The lowest BCUT2D eigenvalue weighted by atomic mass is 10.3. The normalized spacial score (nSPS) is 10.8. The van der Waals surface area contributed by atoms with E-state index in [4.69, 9.17) is 4.74 Å². The number of rotatable bonds is 6. The van der Waals surface area contributed by atoms with Crippen molar-refractivity contribution >= 4 is 16.9 Å². The molecular formula is C14H19N3O. The quantitative estimate of drug-likeness (QED) is 0.795. The van der Waals surface area contributed by atoms with Gasteiger partial charge in [0.05, 0.1) is 16.7 Å². The molecule has 0 spiro atoms. The lowest BCUT2D eigenvalue weighted by Gasteiger charge is -2.09. The van der Waals surface area contributed by atoms with E-state index in [0.717, 1.165) is 48.7 Å². The number of anilines is 1. The van der Waals surface area contributed by atoms with Crippen molar-refractivity contribution in [2.24, 2.45) is 0 Å². The zero-order chi connectivity index (χ0) is 12.8. The summed E-state index contributed by atoms with van der Waals surface area (Å²) in [5.41, 5.74) is 2.80. The lowest BCUT2D eigenvalue weighted by Crippen LogP contribution is -2.09. The molecule has 1 N–H and O–H groups in total. The Labute approximate surface area is 107 Å². The largest absolute Gasteiger partial charge is 0.382 e. The van der Waals surface area contributed by atoms with Gasteiger partial charge in [0.1, 0.15) is 5.82 Å². The summed E-state index contributed by atoms with van der Waals surface area (Å²) in [6, 6.07) is 7.91. The van der Waals surface area contributed by atoms with E-state index >= 15 is 0 Å². The van der Waals surface area contributed by atoms with Crippen LogP contribution in [0.25, 0.3) is 11.0 Å². The molecule has 18 heavy (non-hydrogen) atoms. The Morgan fingerprint density at radius 2 is 1.89 bits per heavy atom. The number of hydrogen-bond donors (Lipinski definition) is 1. The van der Waals surface area contributed by atoms with Gasteiger partial charge in [0, 0.05) is 19.8 Å². The maximum atomic E-state index is 5.30. The van der Waals surface area contributed by atoms with Crippen LogP contribution in [0.2, 0.25) is 0 Å². The molecule has 0 radical (unpaired) electrons. The first-order chi connectivity index (χ1) is 8.81. The summed E-state index contributed by atoms with van der Waals surface area (Å²) in [6.07, 6.45) is 0.974. The van der Waals surface area contributed by atoms with Crippen molar-refractivity contribution in [2.45, 2.75) is 20.3 Å². The Kier molecular flexibility index (Phi) is 4.47. The molecule has 0 bridgehead atoms. The molecule has 0 fully saturated rings. The predicted molar refractivity (Wildman–Crippen MR) is 73.9 cm³/mol. The van der Waals surface area contributed by atoms with Gasteiger partial charge >= 0.3 is 0 Å². The minimum Gasteiger partial charge on any atom is -0.382 e. The first-order valence-corrected chi connectivity index (χ1v) is 6.36. The molecule has 0 saturated carbocycles. The van der Waals surface area contributed by atoms with Crippen LogP contribution in [-0.2, 0) is 4.74 Å². The van der Waals surface area contributed by atoms with Crippen LogP contribution in [-0.4, -0.2) is 29.7 Å². The lowest BCUT2D eigenvalue weighted by molar-refractivity contribution is 0.147. The zero-order valence-electron chi connectivity index (χ0n) is 10.9. The van der Waals surface area contributed by atoms with E-state index in [-0.39, 0.29) is 0 Å². The molecule has 1 aromatic carbocycles. The Morgan fingerprint density at radius 1 is 1.17 bits per heavy atom. The van der Waals surface area contributed by atoms with E-state index < -0.39 is 0 Å². The molecule has 1 heterocycles. The molecule has 4 heteroatoms. The van der Waals surface area contributed by atoms with Crippen LogP contribution >= 0.6 is 0 Å². The van der Waals surface area contributed by atoms with Gasteiger partial charge in [-0.05, 0) is 32.4 Å². The number of para-hydroxylation sites is 2. The van der Waals surface area contributed by atoms with Crippen LogP contribution in [0.4, 0.5) is 5.82 Å². The Balaban J connectivity index is 2.01. The maximum absolute atomic E-state index is 5.30. The highest BCUT2D eigenvalue weighted by molar-refractivity contribution is 5.76. The van der Waals surface area contributed by atoms with Crippen molar-refractivity contribution in [3.8, 4) is 0 Å². The third-order valence-electron chi connectivity index (χ3n) is 2.71. The molecule has 96 valence electrons. The number of hydrogen-bond acceptors (Lipinski definition) is 4. The molecule has 0 unspecified atom stereocenters. The van der Waals surface area contributed by atoms with Crippen LogP contribution in [0.5, 0.6) is 0 Å². The molecule has 0 saturated heterocycles. The van der Waals surface area contributed by atoms with Crippen molar-refractivity contribution in [3.63, 3.8) is 0 Å². The number of benzene rings is 1. The molecular weight excluding hydrogens is 226 g/mol. The minimum atomic E-state index is 0.773. The molecule has 0 atom stereocenters. The highest BCUT2D eigenvalue weighted by Gasteiger charge is 2.03. The number of nitrogens with zero attached hydrogens (tertiary/aromatic N) is 2. The van der Waals surface area contributed by atoms with E-state index in [1.165, 1.54) is 0 Å². The van der Waals surface area contributed by atoms with Gasteiger partial charge in [0.15, 0.2) is 0 Å². The number of aryl methyl sites for hydroxylation is 1. The van der Waals surface area contributed by atoms with Gasteiger partial charge < -0.3 is 10.1 Å². The summed E-state index contributed by atoms with van der Waals surface area (Å²) in [5.74, 6) is 0.866. The molecule has 4 nitrogen and oxygen atoms in total. The molecule has 0 aliphatic rings. The van der Waals surface area contributed by atoms with Gasteiger partial charge in [-0.25, -0.2) is 9.97 Å². The van der Waals surface area contributed by atoms with Gasteiger partial charge in [-0.2, -0.15) is 0 Å².